The number of hydrogen-bond acceptors (Lipinski definition) is 5. The van der Waals surface area contributed by atoms with Crippen LogP contribution in [0.4, 0.5) is 10.5 Å². The molecule has 1 aliphatic heterocycles. The van der Waals surface area contributed by atoms with E-state index in [4.69, 9.17) is 5.73 Å². The predicted molar refractivity (Wildman–Crippen MR) is 125 cm³/mol. The third kappa shape index (κ3) is 5.57. The number of β-amino-alcohol motifs (C(OH)–C–C–N with tert-alkyl or cyclic N) is 1. The van der Waals surface area contributed by atoms with Gasteiger partial charge in [0.05, 0.1) is 23.7 Å². The molecule has 1 saturated heterocycles. The second-order valence-corrected chi connectivity index (χ2v) is 8.31. The van der Waals surface area contributed by atoms with Crippen molar-refractivity contribution in [1.29, 1.82) is 0 Å². The molecular formula is C24H28N6O3. The highest BCUT2D eigenvalue weighted by Crippen LogP contribution is 2.22. The van der Waals surface area contributed by atoms with E-state index in [0.29, 0.717) is 24.5 Å². The van der Waals surface area contributed by atoms with Crippen LogP contribution >= 0.6 is 0 Å². The molecule has 9 nitrogen and oxygen atoms in total. The number of aryl methyl sites for hydroxylation is 1. The number of primary amides is 1. The van der Waals surface area contributed by atoms with Crippen LogP contribution in [0.25, 0.3) is 5.69 Å². The van der Waals surface area contributed by atoms with Gasteiger partial charge in [0.15, 0.2) is 0 Å². The first-order valence-electron chi connectivity index (χ1n) is 10.9. The highest BCUT2D eigenvalue weighted by Gasteiger charge is 2.21. The topological polar surface area (TPSA) is 126 Å². The number of likely N-dealkylation sites (tertiary alicyclic amines) is 1. The summed E-state index contributed by atoms with van der Waals surface area (Å²) < 4.78 is 1.63. The lowest BCUT2D eigenvalue weighted by Gasteiger charge is -2.18. The van der Waals surface area contributed by atoms with Crippen molar-refractivity contribution >= 4 is 17.6 Å². The molecule has 1 atom stereocenters. The molecule has 3 amide bonds. The van der Waals surface area contributed by atoms with E-state index in [-0.39, 0.29) is 11.7 Å². The number of anilines is 1. The summed E-state index contributed by atoms with van der Waals surface area (Å²) in [5.74, 6) is -0.581. The molecule has 0 saturated carbocycles. The molecule has 2 heterocycles. The van der Waals surface area contributed by atoms with Crippen molar-refractivity contribution in [3.8, 4) is 5.69 Å². The Balaban J connectivity index is 1.46. The molecule has 1 aromatic heterocycles. The van der Waals surface area contributed by atoms with Crippen molar-refractivity contribution in [3.05, 3.63) is 77.1 Å². The number of hydrogen-bond donors (Lipinski definition) is 4. The molecule has 4 rings (SSSR count). The summed E-state index contributed by atoms with van der Waals surface area (Å²) in [5.41, 5.74) is 9.83. The van der Waals surface area contributed by atoms with Crippen LogP contribution in [0.15, 0.2) is 54.9 Å². The average molecular weight is 449 g/mol. The largest absolute Gasteiger partial charge is 0.392 e. The Kier molecular flexibility index (Phi) is 6.71. The number of nitrogens with two attached hydrogens (primary N) is 1. The first-order valence-corrected chi connectivity index (χ1v) is 10.9. The van der Waals surface area contributed by atoms with Crippen molar-refractivity contribution in [2.75, 3.05) is 18.4 Å². The third-order valence-corrected chi connectivity index (χ3v) is 5.69. The molecule has 172 valence electrons. The minimum atomic E-state index is -0.581. The summed E-state index contributed by atoms with van der Waals surface area (Å²) in [6, 6.07) is 12.4. The van der Waals surface area contributed by atoms with Crippen molar-refractivity contribution in [3.63, 3.8) is 0 Å². The SMILES string of the molecule is Cc1cnn(-c2ccc(C(N)=O)cc2NC(=O)NCc2ccccc2CN2CCC(O)C2)c1. The smallest absolute Gasteiger partial charge is 0.319 e. The Morgan fingerprint density at radius 1 is 1.21 bits per heavy atom. The van der Waals surface area contributed by atoms with Gasteiger partial charge in [-0.1, -0.05) is 24.3 Å². The molecule has 0 spiro atoms. The number of urea groups is 1. The lowest BCUT2D eigenvalue weighted by molar-refractivity contribution is 0.1000. The quantitative estimate of drug-likeness (QED) is 0.441. The fourth-order valence-corrected chi connectivity index (χ4v) is 3.96. The molecule has 1 fully saturated rings. The zero-order valence-corrected chi connectivity index (χ0v) is 18.5. The summed E-state index contributed by atoms with van der Waals surface area (Å²) in [7, 11) is 0. The van der Waals surface area contributed by atoms with Gasteiger partial charge in [-0.2, -0.15) is 5.10 Å². The van der Waals surface area contributed by atoms with E-state index in [1.54, 1.807) is 29.1 Å². The van der Waals surface area contributed by atoms with E-state index in [1.165, 1.54) is 0 Å². The number of aliphatic hydroxyl groups excluding tert-OH is 1. The van der Waals surface area contributed by atoms with Crippen LogP contribution in [0.1, 0.15) is 33.5 Å². The fourth-order valence-electron chi connectivity index (χ4n) is 3.96. The maximum absolute atomic E-state index is 12.7. The van der Waals surface area contributed by atoms with E-state index in [0.717, 1.165) is 36.2 Å². The molecular weight excluding hydrogens is 420 g/mol. The van der Waals surface area contributed by atoms with Gasteiger partial charge in [0, 0.05) is 37.9 Å². The molecule has 1 aliphatic rings. The monoisotopic (exact) mass is 448 g/mol. The summed E-state index contributed by atoms with van der Waals surface area (Å²) in [6.45, 7) is 4.49. The zero-order valence-electron chi connectivity index (χ0n) is 18.5. The van der Waals surface area contributed by atoms with Crippen LogP contribution in [0.5, 0.6) is 0 Å². The number of benzene rings is 2. The predicted octanol–water partition coefficient (Wildman–Crippen LogP) is 2.17. The van der Waals surface area contributed by atoms with E-state index >= 15 is 0 Å². The van der Waals surface area contributed by atoms with Crippen molar-refractivity contribution in [2.24, 2.45) is 5.73 Å². The number of nitrogens with zero attached hydrogens (tertiary/aromatic N) is 3. The molecule has 0 radical (unpaired) electrons. The van der Waals surface area contributed by atoms with Gasteiger partial charge in [0.2, 0.25) is 5.91 Å². The lowest BCUT2D eigenvalue weighted by Crippen LogP contribution is -2.30. The fraction of sp³-hybridized carbons (Fsp3) is 0.292. The molecule has 5 N–H and O–H groups in total. The normalized spacial score (nSPS) is 16.0. The Morgan fingerprint density at radius 2 is 2.00 bits per heavy atom. The zero-order chi connectivity index (χ0) is 23.4. The molecule has 33 heavy (non-hydrogen) atoms. The first-order chi connectivity index (χ1) is 15.9. The average Bonchev–Trinajstić information content (AvgIpc) is 3.40. The highest BCUT2D eigenvalue weighted by molar-refractivity contribution is 5.97. The summed E-state index contributed by atoms with van der Waals surface area (Å²) in [4.78, 5) is 26.6. The van der Waals surface area contributed by atoms with Crippen LogP contribution in [0, 0.1) is 6.92 Å². The third-order valence-electron chi connectivity index (χ3n) is 5.69. The number of aliphatic hydroxyl groups is 1. The van der Waals surface area contributed by atoms with E-state index < -0.39 is 11.9 Å². The number of nitrogens with one attached hydrogen (secondary N) is 2. The number of aromatic nitrogens is 2. The van der Waals surface area contributed by atoms with E-state index in [9.17, 15) is 14.7 Å². The van der Waals surface area contributed by atoms with Crippen molar-refractivity contribution < 1.29 is 14.7 Å². The van der Waals surface area contributed by atoms with Crippen molar-refractivity contribution in [1.82, 2.24) is 20.0 Å². The number of amides is 3. The first kappa shape index (κ1) is 22.5. The summed E-state index contributed by atoms with van der Waals surface area (Å²) in [5, 5.41) is 19.8. The minimum Gasteiger partial charge on any atom is -0.392 e. The molecule has 2 aromatic carbocycles. The molecule has 0 aliphatic carbocycles. The van der Waals surface area contributed by atoms with Crippen LogP contribution in [0.3, 0.4) is 0 Å². The van der Waals surface area contributed by atoms with E-state index in [2.05, 4.69) is 20.6 Å². The Hall–Kier alpha value is -3.69. The molecule has 9 heteroatoms. The maximum atomic E-state index is 12.7. The van der Waals surface area contributed by atoms with Gasteiger partial charge in [-0.05, 0) is 48.2 Å². The van der Waals surface area contributed by atoms with Crippen LogP contribution in [-0.2, 0) is 13.1 Å². The Bertz CT molecular complexity index is 1160. The maximum Gasteiger partial charge on any atom is 0.319 e. The van der Waals surface area contributed by atoms with Gasteiger partial charge in [-0.15, -0.1) is 0 Å². The second kappa shape index (κ2) is 9.85. The number of rotatable bonds is 7. The standard InChI is InChI=1S/C24H28N6O3/c1-16-11-27-30(13-16)22-7-6-17(23(25)32)10-21(22)28-24(33)26-12-18-4-2-3-5-19(18)14-29-9-8-20(31)15-29/h2-7,10-11,13,20,31H,8-9,12,14-15H2,1H3,(H2,25,32)(H2,26,28,33). The molecule has 0 bridgehead atoms. The molecule has 1 unspecified atom stereocenters. The van der Waals surface area contributed by atoms with Crippen molar-refractivity contribution in [2.45, 2.75) is 32.5 Å². The van der Waals surface area contributed by atoms with Crippen LogP contribution in [-0.4, -0.2) is 50.9 Å². The van der Waals surface area contributed by atoms with E-state index in [1.807, 2.05) is 37.4 Å². The van der Waals surface area contributed by atoms with Crippen LogP contribution < -0.4 is 16.4 Å². The minimum absolute atomic E-state index is 0.273. The lowest BCUT2D eigenvalue weighted by atomic mass is 10.1. The van der Waals surface area contributed by atoms with Gasteiger partial charge in [-0.3, -0.25) is 9.69 Å². The summed E-state index contributed by atoms with van der Waals surface area (Å²) >= 11 is 0. The second-order valence-electron chi connectivity index (χ2n) is 8.31. The van der Waals surface area contributed by atoms with Gasteiger partial charge in [0.1, 0.15) is 0 Å². The number of carbonyl (C=O) groups is 2. The number of carbonyl (C=O) groups excluding carboxylic acids is 2. The van der Waals surface area contributed by atoms with Gasteiger partial charge >= 0.3 is 6.03 Å². The van der Waals surface area contributed by atoms with Crippen LogP contribution in [0.2, 0.25) is 0 Å². The Morgan fingerprint density at radius 3 is 2.67 bits per heavy atom. The van der Waals surface area contributed by atoms with Gasteiger partial charge < -0.3 is 21.5 Å². The van der Waals surface area contributed by atoms with Gasteiger partial charge in [-0.25, -0.2) is 9.48 Å². The van der Waals surface area contributed by atoms with Gasteiger partial charge in [0.25, 0.3) is 0 Å². The molecule has 3 aromatic rings. The highest BCUT2D eigenvalue weighted by atomic mass is 16.3. The summed E-state index contributed by atoms with van der Waals surface area (Å²) in [6.07, 6.45) is 4.05. The Labute approximate surface area is 192 Å².